The highest BCUT2D eigenvalue weighted by atomic mass is 35.5. The molecule has 3 nitrogen and oxygen atoms in total. The standard InChI is InChI=1S/C20H21ClFN3/c1-2-3-4-11-23-19-7-5-6-16-15(19)10-12-24-20(16)25-14-8-9-18(22)17(21)13-14/h5-10,12-13,23H,2-4,11H2,1H3,(H,24,25). The van der Waals surface area contributed by atoms with E-state index in [0.29, 0.717) is 5.69 Å². The number of fused-ring (bicyclic) bond motifs is 1. The molecule has 0 bridgehead atoms. The number of halogens is 2. The van der Waals surface area contributed by atoms with Crippen LogP contribution >= 0.6 is 11.6 Å². The van der Waals surface area contributed by atoms with Crippen LogP contribution in [0.3, 0.4) is 0 Å². The third kappa shape index (κ3) is 4.20. The third-order valence-electron chi connectivity index (χ3n) is 4.08. The highest BCUT2D eigenvalue weighted by Crippen LogP contribution is 2.30. The molecule has 0 unspecified atom stereocenters. The second-order valence-corrected chi connectivity index (χ2v) is 6.36. The van der Waals surface area contributed by atoms with Gasteiger partial charge in [0, 0.05) is 34.9 Å². The van der Waals surface area contributed by atoms with Crippen LogP contribution in [0.25, 0.3) is 10.8 Å². The highest BCUT2D eigenvalue weighted by molar-refractivity contribution is 6.31. The van der Waals surface area contributed by atoms with Crippen LogP contribution in [0.5, 0.6) is 0 Å². The van der Waals surface area contributed by atoms with Gasteiger partial charge in [0.25, 0.3) is 0 Å². The summed E-state index contributed by atoms with van der Waals surface area (Å²) in [4.78, 5) is 4.43. The zero-order chi connectivity index (χ0) is 17.6. The lowest BCUT2D eigenvalue weighted by Crippen LogP contribution is -2.02. The summed E-state index contributed by atoms with van der Waals surface area (Å²) in [7, 11) is 0. The molecule has 1 heterocycles. The largest absolute Gasteiger partial charge is 0.385 e. The molecule has 130 valence electrons. The first-order valence-corrected chi connectivity index (χ1v) is 8.90. The number of pyridine rings is 1. The number of nitrogens with one attached hydrogen (secondary N) is 2. The average Bonchev–Trinajstić information content (AvgIpc) is 2.62. The second kappa shape index (κ2) is 8.17. The Morgan fingerprint density at radius 2 is 1.96 bits per heavy atom. The van der Waals surface area contributed by atoms with Crippen molar-refractivity contribution in [3.05, 3.63) is 59.5 Å². The number of hydrogen-bond donors (Lipinski definition) is 2. The summed E-state index contributed by atoms with van der Waals surface area (Å²) in [6, 6.07) is 12.7. The summed E-state index contributed by atoms with van der Waals surface area (Å²) in [5.74, 6) is 0.286. The van der Waals surface area contributed by atoms with E-state index >= 15 is 0 Å². The molecule has 0 fully saturated rings. The van der Waals surface area contributed by atoms with Gasteiger partial charge in [-0.15, -0.1) is 0 Å². The summed E-state index contributed by atoms with van der Waals surface area (Å²) in [5.41, 5.74) is 1.80. The van der Waals surface area contributed by atoms with Gasteiger partial charge in [0.15, 0.2) is 0 Å². The molecule has 0 spiro atoms. The van der Waals surface area contributed by atoms with Crippen LogP contribution in [0.1, 0.15) is 26.2 Å². The van der Waals surface area contributed by atoms with Gasteiger partial charge >= 0.3 is 0 Å². The quantitative estimate of drug-likeness (QED) is 0.482. The summed E-state index contributed by atoms with van der Waals surface area (Å²) < 4.78 is 13.3. The van der Waals surface area contributed by atoms with Gasteiger partial charge in [-0.05, 0) is 36.8 Å². The molecule has 0 saturated heterocycles. The Labute approximate surface area is 152 Å². The lowest BCUT2D eigenvalue weighted by molar-refractivity contribution is 0.628. The van der Waals surface area contributed by atoms with Crippen LogP contribution in [0.2, 0.25) is 5.02 Å². The Kier molecular flexibility index (Phi) is 5.71. The number of benzene rings is 2. The predicted molar refractivity (Wildman–Crippen MR) is 104 cm³/mol. The van der Waals surface area contributed by atoms with Gasteiger partial charge in [-0.25, -0.2) is 9.37 Å². The first-order valence-electron chi connectivity index (χ1n) is 8.52. The molecule has 25 heavy (non-hydrogen) atoms. The Hall–Kier alpha value is -2.33. The SMILES string of the molecule is CCCCCNc1cccc2c(Nc3ccc(F)c(Cl)c3)nccc12. The van der Waals surface area contributed by atoms with Crippen molar-refractivity contribution in [1.82, 2.24) is 4.98 Å². The number of unbranched alkanes of at least 4 members (excludes halogenated alkanes) is 2. The average molecular weight is 358 g/mol. The molecular formula is C20H21ClFN3. The van der Waals surface area contributed by atoms with Crippen molar-refractivity contribution < 1.29 is 4.39 Å². The molecule has 2 aromatic carbocycles. The third-order valence-corrected chi connectivity index (χ3v) is 4.37. The van der Waals surface area contributed by atoms with Crippen LogP contribution < -0.4 is 10.6 Å². The Balaban J connectivity index is 1.87. The molecule has 0 aliphatic rings. The van der Waals surface area contributed by atoms with Crippen LogP contribution in [0, 0.1) is 5.82 Å². The lowest BCUT2D eigenvalue weighted by Gasteiger charge is -2.13. The van der Waals surface area contributed by atoms with Gasteiger partial charge in [-0.1, -0.05) is 43.5 Å². The van der Waals surface area contributed by atoms with Gasteiger partial charge in [-0.3, -0.25) is 0 Å². The first-order chi connectivity index (χ1) is 12.2. The lowest BCUT2D eigenvalue weighted by atomic mass is 10.1. The van der Waals surface area contributed by atoms with Crippen molar-refractivity contribution in [3.63, 3.8) is 0 Å². The molecular weight excluding hydrogens is 337 g/mol. The second-order valence-electron chi connectivity index (χ2n) is 5.95. The van der Waals surface area contributed by atoms with E-state index in [2.05, 4.69) is 28.6 Å². The number of rotatable bonds is 7. The van der Waals surface area contributed by atoms with E-state index in [1.165, 1.54) is 18.9 Å². The zero-order valence-corrected chi connectivity index (χ0v) is 14.9. The smallest absolute Gasteiger partial charge is 0.141 e. The number of hydrogen-bond acceptors (Lipinski definition) is 3. The van der Waals surface area contributed by atoms with E-state index in [1.807, 2.05) is 18.2 Å². The summed E-state index contributed by atoms with van der Waals surface area (Å²) >= 11 is 5.86. The summed E-state index contributed by atoms with van der Waals surface area (Å²) in [6.07, 6.45) is 5.34. The fraction of sp³-hybridized carbons (Fsp3) is 0.250. The molecule has 3 aromatic rings. The van der Waals surface area contributed by atoms with Crippen molar-refractivity contribution in [2.45, 2.75) is 26.2 Å². The summed E-state index contributed by atoms with van der Waals surface area (Å²) in [6.45, 7) is 3.15. The monoisotopic (exact) mass is 357 g/mol. The van der Waals surface area contributed by atoms with Gasteiger partial charge in [-0.2, -0.15) is 0 Å². The zero-order valence-electron chi connectivity index (χ0n) is 14.2. The van der Waals surface area contributed by atoms with E-state index in [0.717, 1.165) is 35.2 Å². The maximum atomic E-state index is 13.3. The minimum Gasteiger partial charge on any atom is -0.385 e. The Morgan fingerprint density at radius 1 is 1.08 bits per heavy atom. The van der Waals surface area contributed by atoms with E-state index in [4.69, 9.17) is 11.6 Å². The topological polar surface area (TPSA) is 37.0 Å². The minimum atomic E-state index is -0.434. The van der Waals surface area contributed by atoms with E-state index in [9.17, 15) is 4.39 Å². The van der Waals surface area contributed by atoms with Crippen LogP contribution in [-0.4, -0.2) is 11.5 Å². The van der Waals surface area contributed by atoms with Crippen molar-refractivity contribution >= 4 is 39.6 Å². The van der Waals surface area contributed by atoms with Gasteiger partial charge < -0.3 is 10.6 Å². The Morgan fingerprint density at radius 3 is 2.76 bits per heavy atom. The number of aromatic nitrogens is 1. The van der Waals surface area contributed by atoms with Crippen LogP contribution in [0.4, 0.5) is 21.6 Å². The number of nitrogens with zero attached hydrogens (tertiary/aromatic N) is 1. The Bertz CT molecular complexity index is 867. The first kappa shape index (κ1) is 17.5. The number of anilines is 3. The predicted octanol–water partition coefficient (Wildman–Crippen LogP) is 6.37. The van der Waals surface area contributed by atoms with E-state index < -0.39 is 5.82 Å². The van der Waals surface area contributed by atoms with E-state index in [-0.39, 0.29) is 5.02 Å². The molecule has 0 atom stereocenters. The molecule has 0 amide bonds. The fourth-order valence-electron chi connectivity index (χ4n) is 2.77. The van der Waals surface area contributed by atoms with Crippen molar-refractivity contribution in [1.29, 1.82) is 0 Å². The fourth-order valence-corrected chi connectivity index (χ4v) is 2.95. The van der Waals surface area contributed by atoms with Gasteiger partial charge in [0.1, 0.15) is 11.6 Å². The minimum absolute atomic E-state index is 0.0866. The summed E-state index contributed by atoms with van der Waals surface area (Å²) in [5, 5.41) is 8.92. The normalized spacial score (nSPS) is 10.8. The molecule has 1 aromatic heterocycles. The molecule has 0 saturated carbocycles. The molecule has 2 N–H and O–H groups in total. The molecule has 0 aliphatic carbocycles. The van der Waals surface area contributed by atoms with Crippen molar-refractivity contribution in [2.24, 2.45) is 0 Å². The molecule has 0 aliphatic heterocycles. The van der Waals surface area contributed by atoms with Crippen LogP contribution in [0.15, 0.2) is 48.7 Å². The molecule has 3 rings (SSSR count). The molecule has 0 radical (unpaired) electrons. The highest BCUT2D eigenvalue weighted by Gasteiger charge is 2.08. The van der Waals surface area contributed by atoms with Crippen molar-refractivity contribution in [2.75, 3.05) is 17.2 Å². The maximum absolute atomic E-state index is 13.3. The van der Waals surface area contributed by atoms with Crippen molar-refractivity contribution in [3.8, 4) is 0 Å². The van der Waals surface area contributed by atoms with Gasteiger partial charge in [0.2, 0.25) is 0 Å². The molecule has 5 heteroatoms. The maximum Gasteiger partial charge on any atom is 0.141 e. The van der Waals surface area contributed by atoms with Crippen LogP contribution in [-0.2, 0) is 0 Å². The van der Waals surface area contributed by atoms with Gasteiger partial charge in [0.05, 0.1) is 5.02 Å². The van der Waals surface area contributed by atoms with E-state index in [1.54, 1.807) is 18.3 Å².